The van der Waals surface area contributed by atoms with Crippen LogP contribution in [-0.4, -0.2) is 13.3 Å². The number of nitrogens with zero attached hydrogens (tertiary/aromatic N) is 2. The van der Waals surface area contributed by atoms with Crippen molar-refractivity contribution >= 4 is 15.8 Å². The van der Waals surface area contributed by atoms with E-state index in [1.807, 2.05) is 47.3 Å². The van der Waals surface area contributed by atoms with Gasteiger partial charge >= 0.3 is 10.1 Å². The predicted octanol–water partition coefficient (Wildman–Crippen LogP) is 2.78. The molecule has 0 aliphatic heterocycles. The summed E-state index contributed by atoms with van der Waals surface area (Å²) in [4.78, 5) is 10.0. The van der Waals surface area contributed by atoms with E-state index >= 15 is 0 Å². The standard InChI is InChI=1S/C18H15N2O5S/c21-20(22)17-8-10-18(11-9-17)25-26(23,24)14-15-4-6-16(7-5-15)19-12-2-1-3-13-19/h1-13H,14H2/q+1. The maximum Gasteiger partial charge on any atom is 0.313 e. The molecule has 3 rings (SSSR count). The molecule has 3 aromatic rings. The minimum Gasteiger partial charge on any atom is -0.382 e. The Morgan fingerprint density at radius 3 is 2.12 bits per heavy atom. The second kappa shape index (κ2) is 7.32. The molecule has 0 amide bonds. The van der Waals surface area contributed by atoms with Gasteiger partial charge in [0.1, 0.15) is 11.5 Å². The van der Waals surface area contributed by atoms with E-state index in [2.05, 4.69) is 0 Å². The Morgan fingerprint density at radius 2 is 1.54 bits per heavy atom. The Morgan fingerprint density at radius 1 is 0.923 bits per heavy atom. The van der Waals surface area contributed by atoms with Crippen molar-refractivity contribution in [3.05, 3.63) is 94.8 Å². The molecule has 7 nitrogen and oxygen atoms in total. The predicted molar refractivity (Wildman–Crippen MR) is 94.3 cm³/mol. The number of non-ortho nitro benzene ring substituents is 1. The molecule has 0 atom stereocenters. The highest BCUT2D eigenvalue weighted by molar-refractivity contribution is 7.86. The van der Waals surface area contributed by atoms with Crippen molar-refractivity contribution in [3.63, 3.8) is 0 Å². The van der Waals surface area contributed by atoms with Crippen LogP contribution in [0.5, 0.6) is 5.75 Å². The average Bonchev–Trinajstić information content (AvgIpc) is 2.63. The maximum atomic E-state index is 12.2. The van der Waals surface area contributed by atoms with Crippen molar-refractivity contribution in [3.8, 4) is 11.4 Å². The summed E-state index contributed by atoms with van der Waals surface area (Å²) in [6, 6.07) is 17.7. The van der Waals surface area contributed by atoms with Gasteiger partial charge in [0.25, 0.3) is 5.69 Å². The van der Waals surface area contributed by atoms with Crippen LogP contribution in [0.25, 0.3) is 5.69 Å². The minimum atomic E-state index is -3.87. The van der Waals surface area contributed by atoms with E-state index in [-0.39, 0.29) is 17.2 Å². The van der Waals surface area contributed by atoms with E-state index in [1.54, 1.807) is 12.1 Å². The van der Waals surface area contributed by atoms with E-state index in [1.165, 1.54) is 24.3 Å². The van der Waals surface area contributed by atoms with Gasteiger partial charge in [-0.1, -0.05) is 18.2 Å². The lowest BCUT2D eigenvalue weighted by Crippen LogP contribution is -2.28. The highest BCUT2D eigenvalue weighted by Gasteiger charge is 2.16. The molecule has 0 unspecified atom stereocenters. The van der Waals surface area contributed by atoms with Gasteiger partial charge in [0.15, 0.2) is 12.4 Å². The topological polar surface area (TPSA) is 90.4 Å². The zero-order valence-electron chi connectivity index (χ0n) is 13.6. The third-order valence-electron chi connectivity index (χ3n) is 3.56. The summed E-state index contributed by atoms with van der Waals surface area (Å²) in [6.45, 7) is 0. The molecule has 0 aliphatic rings. The second-order valence-electron chi connectivity index (χ2n) is 5.49. The van der Waals surface area contributed by atoms with Crippen molar-refractivity contribution < 1.29 is 22.1 Å². The van der Waals surface area contributed by atoms with Crippen molar-refractivity contribution in [1.29, 1.82) is 0 Å². The number of aromatic nitrogens is 1. The van der Waals surface area contributed by atoms with Crippen LogP contribution in [0.2, 0.25) is 0 Å². The van der Waals surface area contributed by atoms with E-state index < -0.39 is 15.0 Å². The number of pyridine rings is 1. The van der Waals surface area contributed by atoms with E-state index in [4.69, 9.17) is 4.18 Å². The maximum absolute atomic E-state index is 12.2. The van der Waals surface area contributed by atoms with Gasteiger partial charge in [-0.15, -0.1) is 0 Å². The molecule has 0 saturated heterocycles. The first kappa shape index (κ1) is 17.6. The first-order valence-electron chi connectivity index (χ1n) is 7.65. The number of rotatable bonds is 6. The van der Waals surface area contributed by atoms with Gasteiger partial charge in [0.2, 0.25) is 5.69 Å². The highest BCUT2D eigenvalue weighted by Crippen LogP contribution is 2.20. The van der Waals surface area contributed by atoms with Crippen LogP contribution >= 0.6 is 0 Å². The average molecular weight is 371 g/mol. The molecule has 0 aliphatic carbocycles. The fourth-order valence-corrected chi connectivity index (χ4v) is 3.40. The lowest BCUT2D eigenvalue weighted by molar-refractivity contribution is -0.595. The zero-order valence-corrected chi connectivity index (χ0v) is 14.4. The SMILES string of the molecule is O=[N+]([O-])c1ccc(OS(=O)(=O)Cc2ccc(-[n+]3ccccc3)cc2)cc1. The Bertz CT molecular complexity index is 1000. The molecule has 0 N–H and O–H groups in total. The van der Waals surface area contributed by atoms with E-state index in [0.29, 0.717) is 5.56 Å². The van der Waals surface area contributed by atoms with Gasteiger partial charge in [-0.25, -0.2) is 0 Å². The molecule has 0 fully saturated rings. The van der Waals surface area contributed by atoms with Gasteiger partial charge in [-0.3, -0.25) is 10.1 Å². The molecule has 132 valence electrons. The molecular weight excluding hydrogens is 356 g/mol. The molecule has 0 spiro atoms. The molecule has 0 radical (unpaired) electrons. The van der Waals surface area contributed by atoms with Crippen LogP contribution in [0.3, 0.4) is 0 Å². The summed E-state index contributed by atoms with van der Waals surface area (Å²) < 4.78 is 31.3. The monoisotopic (exact) mass is 371 g/mol. The van der Waals surface area contributed by atoms with Gasteiger partial charge in [0.05, 0.1) is 4.92 Å². The van der Waals surface area contributed by atoms with Crippen molar-refractivity contribution in [1.82, 2.24) is 0 Å². The fraction of sp³-hybridized carbons (Fsp3) is 0.0556. The summed E-state index contributed by atoms with van der Waals surface area (Å²) in [7, 11) is -3.87. The molecule has 0 saturated carbocycles. The van der Waals surface area contributed by atoms with E-state index in [0.717, 1.165) is 5.69 Å². The van der Waals surface area contributed by atoms with Crippen molar-refractivity contribution in [2.24, 2.45) is 0 Å². The van der Waals surface area contributed by atoms with Crippen molar-refractivity contribution in [2.45, 2.75) is 5.75 Å². The number of benzene rings is 2. The van der Waals surface area contributed by atoms with Crippen LogP contribution in [-0.2, 0) is 15.9 Å². The molecule has 1 aromatic heterocycles. The lowest BCUT2D eigenvalue weighted by Gasteiger charge is -2.07. The van der Waals surface area contributed by atoms with Crippen LogP contribution in [0.4, 0.5) is 5.69 Å². The largest absolute Gasteiger partial charge is 0.382 e. The molecule has 0 bridgehead atoms. The van der Waals surface area contributed by atoms with Gasteiger partial charge in [-0.05, 0) is 17.7 Å². The summed E-state index contributed by atoms with van der Waals surface area (Å²) in [5.41, 5.74) is 1.35. The molecule has 1 heterocycles. The first-order valence-corrected chi connectivity index (χ1v) is 9.23. The van der Waals surface area contributed by atoms with E-state index in [9.17, 15) is 18.5 Å². The minimum absolute atomic E-state index is 0.0343. The zero-order chi connectivity index (χ0) is 18.6. The molecular formula is C18H15N2O5S+. The molecule has 26 heavy (non-hydrogen) atoms. The lowest BCUT2D eigenvalue weighted by atomic mass is 10.2. The van der Waals surface area contributed by atoms with Gasteiger partial charge in [-0.2, -0.15) is 13.0 Å². The second-order valence-corrected chi connectivity index (χ2v) is 7.06. The van der Waals surface area contributed by atoms with Crippen molar-refractivity contribution in [2.75, 3.05) is 0 Å². The van der Waals surface area contributed by atoms with Gasteiger partial charge in [0, 0.05) is 36.4 Å². The number of hydrogen-bond acceptors (Lipinski definition) is 5. The Labute approximate surface area is 150 Å². The third-order valence-corrected chi connectivity index (χ3v) is 4.70. The van der Waals surface area contributed by atoms with Crippen LogP contribution in [0.1, 0.15) is 5.56 Å². The first-order chi connectivity index (χ1) is 12.4. The number of hydrogen-bond donors (Lipinski definition) is 0. The Hall–Kier alpha value is -3.26. The Kier molecular flexibility index (Phi) is 4.94. The Balaban J connectivity index is 1.70. The van der Waals surface area contributed by atoms with Gasteiger partial charge < -0.3 is 4.18 Å². The number of nitro benzene ring substituents is 1. The molecule has 8 heteroatoms. The van der Waals surface area contributed by atoms with Crippen LogP contribution in [0.15, 0.2) is 79.1 Å². The summed E-state index contributed by atoms with van der Waals surface area (Å²) in [6.07, 6.45) is 3.78. The summed E-state index contributed by atoms with van der Waals surface area (Å²) in [5.74, 6) is -0.268. The smallest absolute Gasteiger partial charge is 0.313 e. The fourth-order valence-electron chi connectivity index (χ4n) is 2.34. The molecule has 2 aromatic carbocycles. The number of nitro groups is 1. The summed E-state index contributed by atoms with van der Waals surface area (Å²) >= 11 is 0. The third kappa shape index (κ3) is 4.42. The normalized spacial score (nSPS) is 11.1. The van der Waals surface area contributed by atoms with Crippen LogP contribution in [0, 0.1) is 10.1 Å². The van der Waals surface area contributed by atoms with Crippen LogP contribution < -0.4 is 8.75 Å². The quantitative estimate of drug-likeness (QED) is 0.288. The highest BCUT2D eigenvalue weighted by atomic mass is 32.2. The summed E-state index contributed by atoms with van der Waals surface area (Å²) in [5, 5.41) is 10.6.